The Morgan fingerprint density at radius 1 is 1.12 bits per heavy atom. The maximum Gasteiger partial charge on any atom is 0.319 e. The maximum absolute atomic E-state index is 14.8. The summed E-state index contributed by atoms with van der Waals surface area (Å²) in [5.41, 5.74) is 0.130. The molecule has 2 unspecified atom stereocenters. The molecule has 1 aromatic heterocycles. The lowest BCUT2D eigenvalue weighted by atomic mass is 9.91. The summed E-state index contributed by atoms with van der Waals surface area (Å²) in [6, 6.07) is 7.50. The van der Waals surface area contributed by atoms with Gasteiger partial charge in [-0.2, -0.15) is 5.10 Å². The highest BCUT2D eigenvalue weighted by atomic mass is 19.1. The smallest absolute Gasteiger partial charge is 0.319 e. The van der Waals surface area contributed by atoms with Gasteiger partial charge in [-0.3, -0.25) is 9.67 Å². The number of halogens is 3. The first kappa shape index (κ1) is 22.2. The second-order valence-corrected chi connectivity index (χ2v) is 7.42. The number of hydrogen-bond donors (Lipinski definition) is 3. The van der Waals surface area contributed by atoms with Crippen LogP contribution in [0.15, 0.2) is 53.7 Å². The summed E-state index contributed by atoms with van der Waals surface area (Å²) in [5, 5.41) is 12.5. The average Bonchev–Trinajstić information content (AvgIpc) is 3.35. The van der Waals surface area contributed by atoms with Crippen LogP contribution in [0.25, 0.3) is 0 Å². The van der Waals surface area contributed by atoms with Crippen molar-refractivity contribution in [2.24, 2.45) is 12.0 Å². The molecule has 0 spiro atoms. The molecule has 33 heavy (non-hydrogen) atoms. The molecule has 4 rings (SSSR count). The van der Waals surface area contributed by atoms with E-state index in [1.54, 1.807) is 24.0 Å². The Morgan fingerprint density at radius 2 is 1.82 bits per heavy atom. The van der Waals surface area contributed by atoms with E-state index in [1.165, 1.54) is 31.4 Å². The molecule has 2 amide bonds. The standard InChI is InChI=1S/C22H21F3N6O2/c1-31-8-7-18(30-31)28-21-20(29-22(32)27-13-5-3-12(23)4-6-13)15(11-26-21)19-16(24)9-14(33-2)10-17(19)25/h3-10,15,20H,11H2,1-2H3,(H,26,28,30)(H2,27,29,32). The quantitative estimate of drug-likeness (QED) is 0.544. The summed E-state index contributed by atoms with van der Waals surface area (Å²) >= 11 is 0. The number of amidine groups is 1. The molecule has 0 saturated carbocycles. The summed E-state index contributed by atoms with van der Waals surface area (Å²) in [4.78, 5) is 17.1. The van der Waals surface area contributed by atoms with Gasteiger partial charge in [0.25, 0.3) is 0 Å². The zero-order chi connectivity index (χ0) is 23.5. The van der Waals surface area contributed by atoms with Crippen molar-refractivity contribution in [3.05, 3.63) is 71.7 Å². The zero-order valence-corrected chi connectivity index (χ0v) is 17.8. The third-order valence-electron chi connectivity index (χ3n) is 5.17. The van der Waals surface area contributed by atoms with Crippen LogP contribution >= 0.6 is 0 Å². The molecule has 8 nitrogen and oxygen atoms in total. The number of carbonyl (C=O) groups is 1. The topological polar surface area (TPSA) is 92.6 Å². The number of hydrogen-bond acceptors (Lipinski definition) is 5. The van der Waals surface area contributed by atoms with E-state index in [1.807, 2.05) is 0 Å². The molecular formula is C22H21F3N6O2. The zero-order valence-electron chi connectivity index (χ0n) is 17.8. The van der Waals surface area contributed by atoms with Gasteiger partial charge < -0.3 is 20.7 Å². The lowest BCUT2D eigenvalue weighted by Crippen LogP contribution is -2.47. The molecule has 3 aromatic rings. The van der Waals surface area contributed by atoms with E-state index in [9.17, 15) is 18.0 Å². The van der Waals surface area contributed by atoms with Crippen molar-refractivity contribution in [2.75, 3.05) is 24.3 Å². The van der Waals surface area contributed by atoms with Gasteiger partial charge >= 0.3 is 6.03 Å². The minimum atomic E-state index is -0.898. The highest BCUT2D eigenvalue weighted by Gasteiger charge is 2.38. The van der Waals surface area contributed by atoms with E-state index in [0.717, 1.165) is 12.1 Å². The van der Waals surface area contributed by atoms with Gasteiger partial charge in [-0.25, -0.2) is 18.0 Å². The molecule has 0 bridgehead atoms. The lowest BCUT2D eigenvalue weighted by molar-refractivity contribution is 0.250. The van der Waals surface area contributed by atoms with Crippen molar-refractivity contribution in [1.29, 1.82) is 0 Å². The third-order valence-corrected chi connectivity index (χ3v) is 5.17. The van der Waals surface area contributed by atoms with Gasteiger partial charge in [-0.1, -0.05) is 0 Å². The molecule has 2 aromatic carbocycles. The van der Waals surface area contributed by atoms with Gasteiger partial charge in [0.2, 0.25) is 0 Å². The first-order valence-corrected chi connectivity index (χ1v) is 10.0. The van der Waals surface area contributed by atoms with Gasteiger partial charge in [-0.15, -0.1) is 0 Å². The summed E-state index contributed by atoms with van der Waals surface area (Å²) in [6.07, 6.45) is 1.71. The number of aromatic nitrogens is 2. The minimum absolute atomic E-state index is 0.0246. The molecule has 0 fully saturated rings. The number of nitrogens with zero attached hydrogens (tertiary/aromatic N) is 3. The van der Waals surface area contributed by atoms with Crippen molar-refractivity contribution in [2.45, 2.75) is 12.0 Å². The van der Waals surface area contributed by atoms with Crippen molar-refractivity contribution in [1.82, 2.24) is 15.1 Å². The summed E-state index contributed by atoms with van der Waals surface area (Å²) in [7, 11) is 3.05. The largest absolute Gasteiger partial charge is 0.497 e. The van der Waals surface area contributed by atoms with Crippen LogP contribution in [0.1, 0.15) is 11.5 Å². The van der Waals surface area contributed by atoms with Crippen molar-refractivity contribution < 1.29 is 22.7 Å². The number of anilines is 2. The Hall–Kier alpha value is -4.02. The Balaban J connectivity index is 1.61. The molecule has 0 aliphatic carbocycles. The Labute approximate surface area is 187 Å². The van der Waals surface area contributed by atoms with Crippen LogP contribution < -0.4 is 20.7 Å². The highest BCUT2D eigenvalue weighted by Crippen LogP contribution is 2.33. The molecule has 0 radical (unpaired) electrons. The molecule has 3 N–H and O–H groups in total. The average molecular weight is 458 g/mol. The monoisotopic (exact) mass is 458 g/mol. The van der Waals surface area contributed by atoms with Gasteiger partial charge in [0.05, 0.1) is 19.7 Å². The van der Waals surface area contributed by atoms with Crippen LogP contribution in [0.2, 0.25) is 0 Å². The van der Waals surface area contributed by atoms with Crippen molar-refractivity contribution in [3.8, 4) is 5.75 Å². The molecule has 0 saturated heterocycles. The van der Waals surface area contributed by atoms with Crippen LogP contribution in [0.5, 0.6) is 5.75 Å². The molecule has 2 heterocycles. The molecule has 1 aliphatic heterocycles. The maximum atomic E-state index is 14.8. The number of urea groups is 1. The highest BCUT2D eigenvalue weighted by molar-refractivity contribution is 6.04. The number of amides is 2. The second kappa shape index (κ2) is 9.23. The van der Waals surface area contributed by atoms with Crippen molar-refractivity contribution >= 4 is 23.4 Å². The summed E-state index contributed by atoms with van der Waals surface area (Å²) in [6.45, 7) is 0.0246. The number of carbonyl (C=O) groups excluding carboxylic acids is 1. The minimum Gasteiger partial charge on any atom is -0.497 e. The Kier molecular flexibility index (Phi) is 6.20. The predicted molar refractivity (Wildman–Crippen MR) is 117 cm³/mol. The Morgan fingerprint density at radius 3 is 2.42 bits per heavy atom. The SMILES string of the molecule is COc1cc(F)c(C2CN=C(Nc3ccn(C)n3)C2NC(=O)Nc2ccc(F)cc2)c(F)c1. The molecular weight excluding hydrogens is 437 g/mol. The third kappa shape index (κ3) is 4.92. The van der Waals surface area contributed by atoms with Crippen LogP contribution in [0.4, 0.5) is 29.5 Å². The van der Waals surface area contributed by atoms with Crippen LogP contribution in [0.3, 0.4) is 0 Å². The lowest BCUT2D eigenvalue weighted by Gasteiger charge is -2.24. The fourth-order valence-corrected chi connectivity index (χ4v) is 3.62. The second-order valence-electron chi connectivity index (χ2n) is 7.42. The molecule has 11 heteroatoms. The predicted octanol–water partition coefficient (Wildman–Crippen LogP) is 3.64. The van der Waals surface area contributed by atoms with Gasteiger partial charge in [0.15, 0.2) is 5.82 Å². The summed E-state index contributed by atoms with van der Waals surface area (Å²) in [5.74, 6) is -2.11. The number of nitrogens with one attached hydrogen (secondary N) is 3. The first-order valence-electron chi connectivity index (χ1n) is 10.0. The summed E-state index contributed by atoms with van der Waals surface area (Å²) < 4.78 is 49.3. The number of rotatable bonds is 5. The van der Waals surface area contributed by atoms with Gasteiger partial charge in [-0.05, 0) is 24.3 Å². The number of benzene rings is 2. The molecule has 2 atom stereocenters. The van der Waals surface area contributed by atoms with Crippen LogP contribution in [-0.4, -0.2) is 41.3 Å². The number of methoxy groups -OCH3 is 1. The molecule has 1 aliphatic rings. The fourth-order valence-electron chi connectivity index (χ4n) is 3.62. The van der Waals surface area contributed by atoms with Crippen LogP contribution in [0, 0.1) is 17.5 Å². The van der Waals surface area contributed by atoms with E-state index in [-0.39, 0.29) is 17.9 Å². The van der Waals surface area contributed by atoms with Gasteiger partial charge in [0, 0.05) is 48.6 Å². The van der Waals surface area contributed by atoms with E-state index >= 15 is 0 Å². The molecule has 172 valence electrons. The Bertz CT molecular complexity index is 1170. The number of aliphatic imine (C=N–C) groups is 1. The van der Waals surface area contributed by atoms with Gasteiger partial charge in [0.1, 0.15) is 29.0 Å². The van der Waals surface area contributed by atoms with E-state index in [4.69, 9.17) is 4.74 Å². The normalized spacial score (nSPS) is 17.4. The fraction of sp³-hybridized carbons (Fsp3) is 0.227. The first-order chi connectivity index (χ1) is 15.8. The van der Waals surface area contributed by atoms with Crippen LogP contribution in [-0.2, 0) is 7.05 Å². The van der Waals surface area contributed by atoms with E-state index in [2.05, 4.69) is 26.0 Å². The van der Waals surface area contributed by atoms with E-state index in [0.29, 0.717) is 17.3 Å². The number of aryl methyl sites for hydroxylation is 1. The number of ether oxygens (including phenoxy) is 1. The van der Waals surface area contributed by atoms with E-state index < -0.39 is 35.4 Å². The van der Waals surface area contributed by atoms with Crippen molar-refractivity contribution in [3.63, 3.8) is 0 Å².